The highest BCUT2D eigenvalue weighted by Crippen LogP contribution is 2.20. The summed E-state index contributed by atoms with van der Waals surface area (Å²) in [5.74, 6) is 0.678. The Kier molecular flexibility index (Phi) is 5.95. The van der Waals surface area contributed by atoms with Crippen molar-refractivity contribution in [1.29, 1.82) is 0 Å². The van der Waals surface area contributed by atoms with E-state index in [0.29, 0.717) is 22.4 Å². The van der Waals surface area contributed by atoms with Crippen molar-refractivity contribution in [2.45, 2.75) is 26.2 Å². The zero-order chi connectivity index (χ0) is 15.1. The lowest BCUT2D eigenvalue weighted by atomic mass is 10.3. The normalized spacial score (nSPS) is 10.4. The maximum atomic E-state index is 11.7. The molecule has 0 spiro atoms. The molecule has 5 nitrogen and oxygen atoms in total. The van der Waals surface area contributed by atoms with Crippen LogP contribution in [-0.4, -0.2) is 22.4 Å². The fourth-order valence-electron chi connectivity index (χ4n) is 1.64. The van der Waals surface area contributed by atoms with E-state index in [0.717, 1.165) is 25.1 Å². The van der Waals surface area contributed by atoms with E-state index in [2.05, 4.69) is 27.5 Å². The molecule has 0 aromatic carbocycles. The number of rotatable bonds is 7. The lowest BCUT2D eigenvalue weighted by Crippen LogP contribution is -2.26. The maximum absolute atomic E-state index is 11.7. The van der Waals surface area contributed by atoms with Crippen molar-refractivity contribution in [2.24, 2.45) is 0 Å². The Labute approximate surface area is 132 Å². The van der Waals surface area contributed by atoms with Crippen LogP contribution in [0, 0.1) is 0 Å². The van der Waals surface area contributed by atoms with Gasteiger partial charge in [0.15, 0.2) is 5.13 Å². The van der Waals surface area contributed by atoms with Gasteiger partial charge in [-0.3, -0.25) is 4.79 Å². The zero-order valence-corrected chi connectivity index (χ0v) is 13.3. The molecule has 0 saturated carbocycles. The number of thiazole rings is 1. The summed E-state index contributed by atoms with van der Waals surface area (Å²) >= 11 is 7.22. The molecule has 1 amide bonds. The molecule has 0 aliphatic carbocycles. The minimum Gasteiger partial charge on any atom is -0.356 e. The highest BCUT2D eigenvalue weighted by Gasteiger charge is 2.07. The van der Waals surface area contributed by atoms with Crippen LogP contribution in [-0.2, 0) is 11.2 Å². The van der Waals surface area contributed by atoms with Gasteiger partial charge >= 0.3 is 0 Å². The molecule has 2 rings (SSSR count). The number of halogens is 1. The van der Waals surface area contributed by atoms with Crippen LogP contribution in [0.2, 0.25) is 5.02 Å². The van der Waals surface area contributed by atoms with Gasteiger partial charge in [-0.25, -0.2) is 9.97 Å². The van der Waals surface area contributed by atoms with E-state index in [4.69, 9.17) is 11.6 Å². The minimum absolute atomic E-state index is 0.00455. The Balaban J connectivity index is 1.86. The third-order valence-electron chi connectivity index (χ3n) is 2.71. The number of aromatic nitrogens is 2. The molecule has 0 saturated heterocycles. The van der Waals surface area contributed by atoms with Crippen molar-refractivity contribution in [3.05, 3.63) is 34.4 Å². The number of carbonyl (C=O) groups excluding carboxylic acids is 1. The number of nitrogens with one attached hydrogen (secondary N) is 2. The SMILES string of the molecule is CCCCNC(=O)Cc1csc(Nc2ccc(Cl)cn2)n1. The quantitative estimate of drug-likeness (QED) is 0.766. The molecule has 21 heavy (non-hydrogen) atoms. The molecule has 0 aliphatic heterocycles. The van der Waals surface area contributed by atoms with E-state index < -0.39 is 0 Å². The van der Waals surface area contributed by atoms with Gasteiger partial charge in [0.25, 0.3) is 0 Å². The lowest BCUT2D eigenvalue weighted by Gasteiger charge is -2.02. The number of hydrogen-bond acceptors (Lipinski definition) is 5. The van der Waals surface area contributed by atoms with Gasteiger partial charge in [-0.05, 0) is 18.6 Å². The number of hydrogen-bond donors (Lipinski definition) is 2. The molecule has 0 fully saturated rings. The summed E-state index contributed by atoms with van der Waals surface area (Å²) in [6, 6.07) is 3.54. The van der Waals surface area contributed by atoms with E-state index in [1.807, 2.05) is 5.38 Å². The van der Waals surface area contributed by atoms with E-state index in [1.54, 1.807) is 18.3 Å². The Morgan fingerprint density at radius 3 is 3.00 bits per heavy atom. The summed E-state index contributed by atoms with van der Waals surface area (Å²) in [5.41, 5.74) is 0.755. The molecule has 2 N–H and O–H groups in total. The van der Waals surface area contributed by atoms with E-state index in [9.17, 15) is 4.79 Å². The number of nitrogens with zero attached hydrogens (tertiary/aromatic N) is 2. The molecule has 0 unspecified atom stereocenters. The largest absolute Gasteiger partial charge is 0.356 e. The van der Waals surface area contributed by atoms with Gasteiger partial charge < -0.3 is 10.6 Å². The van der Waals surface area contributed by atoms with Gasteiger partial charge in [0, 0.05) is 18.1 Å². The summed E-state index contributed by atoms with van der Waals surface area (Å²) in [6.07, 6.45) is 3.94. The van der Waals surface area contributed by atoms with Gasteiger partial charge in [-0.1, -0.05) is 24.9 Å². The summed E-state index contributed by atoms with van der Waals surface area (Å²) < 4.78 is 0. The third-order valence-corrected chi connectivity index (χ3v) is 3.74. The molecule has 112 valence electrons. The number of carbonyl (C=O) groups is 1. The molecule has 0 atom stereocenters. The number of unbranched alkanes of at least 4 members (excludes halogenated alkanes) is 1. The second-order valence-corrected chi connectivity index (χ2v) is 5.81. The third kappa shape index (κ3) is 5.32. The molecule has 0 bridgehead atoms. The molecule has 0 aliphatic rings. The number of pyridine rings is 1. The first-order chi connectivity index (χ1) is 10.2. The topological polar surface area (TPSA) is 66.9 Å². The van der Waals surface area contributed by atoms with Gasteiger partial charge in [-0.2, -0.15) is 0 Å². The van der Waals surface area contributed by atoms with Crippen molar-refractivity contribution in [3.63, 3.8) is 0 Å². The maximum Gasteiger partial charge on any atom is 0.226 e. The first-order valence-electron chi connectivity index (χ1n) is 6.77. The minimum atomic E-state index is 0.00455. The lowest BCUT2D eigenvalue weighted by molar-refractivity contribution is -0.120. The fraction of sp³-hybridized carbons (Fsp3) is 0.357. The average molecular weight is 325 g/mol. The predicted molar refractivity (Wildman–Crippen MR) is 86.3 cm³/mol. The van der Waals surface area contributed by atoms with Crippen molar-refractivity contribution < 1.29 is 4.79 Å². The van der Waals surface area contributed by atoms with Gasteiger partial charge in [-0.15, -0.1) is 11.3 Å². The Morgan fingerprint density at radius 1 is 1.43 bits per heavy atom. The molecule has 2 heterocycles. The van der Waals surface area contributed by atoms with E-state index >= 15 is 0 Å². The van der Waals surface area contributed by atoms with Crippen molar-refractivity contribution in [1.82, 2.24) is 15.3 Å². The van der Waals surface area contributed by atoms with Crippen LogP contribution in [0.4, 0.5) is 10.9 Å². The monoisotopic (exact) mass is 324 g/mol. The number of amides is 1. The second-order valence-electron chi connectivity index (χ2n) is 4.51. The van der Waals surface area contributed by atoms with Crippen LogP contribution in [0.25, 0.3) is 0 Å². The van der Waals surface area contributed by atoms with Crippen molar-refractivity contribution >= 4 is 39.8 Å². The van der Waals surface area contributed by atoms with E-state index in [1.165, 1.54) is 11.3 Å². The summed E-state index contributed by atoms with van der Waals surface area (Å²) in [7, 11) is 0. The first kappa shape index (κ1) is 15.7. The van der Waals surface area contributed by atoms with Gasteiger partial charge in [0.1, 0.15) is 5.82 Å². The summed E-state index contributed by atoms with van der Waals surface area (Å²) in [5, 5.41) is 9.13. The van der Waals surface area contributed by atoms with Crippen LogP contribution in [0.5, 0.6) is 0 Å². The summed E-state index contributed by atoms with van der Waals surface area (Å²) in [6.45, 7) is 2.81. The van der Waals surface area contributed by atoms with Gasteiger partial charge in [0.2, 0.25) is 5.91 Å². The molecule has 2 aromatic rings. The van der Waals surface area contributed by atoms with Crippen LogP contribution in [0.1, 0.15) is 25.5 Å². The van der Waals surface area contributed by atoms with E-state index in [-0.39, 0.29) is 5.91 Å². The fourth-order valence-corrected chi connectivity index (χ4v) is 2.47. The Hall–Kier alpha value is -1.66. The molecule has 0 radical (unpaired) electrons. The molecular weight excluding hydrogens is 308 g/mol. The first-order valence-corrected chi connectivity index (χ1v) is 8.03. The van der Waals surface area contributed by atoms with Gasteiger partial charge in [0.05, 0.1) is 17.1 Å². The zero-order valence-electron chi connectivity index (χ0n) is 11.7. The van der Waals surface area contributed by atoms with Crippen molar-refractivity contribution in [2.75, 3.05) is 11.9 Å². The molecule has 7 heteroatoms. The molecular formula is C14H17ClN4OS. The molecule has 2 aromatic heterocycles. The van der Waals surface area contributed by atoms with Crippen LogP contribution >= 0.6 is 22.9 Å². The highest BCUT2D eigenvalue weighted by atomic mass is 35.5. The van der Waals surface area contributed by atoms with Crippen molar-refractivity contribution in [3.8, 4) is 0 Å². The predicted octanol–water partition coefficient (Wildman–Crippen LogP) is 3.39. The number of anilines is 2. The Morgan fingerprint density at radius 2 is 2.29 bits per heavy atom. The standard InChI is InChI=1S/C14H17ClN4OS/c1-2-3-6-16-13(20)7-11-9-21-14(18-11)19-12-5-4-10(15)8-17-12/h4-5,8-9H,2-3,6-7H2,1H3,(H,16,20)(H,17,18,19). The highest BCUT2D eigenvalue weighted by molar-refractivity contribution is 7.13. The average Bonchev–Trinajstić information content (AvgIpc) is 2.89. The van der Waals surface area contributed by atoms with Crippen LogP contribution < -0.4 is 10.6 Å². The summed E-state index contributed by atoms with van der Waals surface area (Å²) in [4.78, 5) is 20.2. The van der Waals surface area contributed by atoms with Crippen LogP contribution in [0.15, 0.2) is 23.7 Å². The second kappa shape index (κ2) is 7.95. The van der Waals surface area contributed by atoms with Crippen LogP contribution in [0.3, 0.4) is 0 Å². The smallest absolute Gasteiger partial charge is 0.226 e. The Bertz CT molecular complexity index is 585.